The van der Waals surface area contributed by atoms with E-state index in [1.807, 2.05) is 0 Å². The Bertz CT molecular complexity index is 812. The Kier molecular flexibility index (Phi) is 4.85. The molecule has 0 amide bonds. The van der Waals surface area contributed by atoms with Crippen molar-refractivity contribution in [1.82, 2.24) is 0 Å². The van der Waals surface area contributed by atoms with Gasteiger partial charge in [0.15, 0.2) is 5.78 Å². The Morgan fingerprint density at radius 1 is 0.625 bits per heavy atom. The van der Waals surface area contributed by atoms with E-state index in [4.69, 9.17) is 0 Å². The summed E-state index contributed by atoms with van der Waals surface area (Å²) in [6.07, 6.45) is 12.0. The minimum absolute atomic E-state index is 0.0811. The summed E-state index contributed by atoms with van der Waals surface area (Å²) in [6, 6.07) is 0. The highest BCUT2D eigenvalue weighted by molar-refractivity contribution is 5.89. The summed E-state index contributed by atoms with van der Waals surface area (Å²) >= 11 is 0. The van der Waals surface area contributed by atoms with Gasteiger partial charge < -0.3 is 5.11 Å². The summed E-state index contributed by atoms with van der Waals surface area (Å²) in [6.45, 7) is 19.7. The Labute approximate surface area is 197 Å². The van der Waals surface area contributed by atoms with E-state index >= 15 is 0 Å². The summed E-state index contributed by atoms with van der Waals surface area (Å²) in [5, 5.41) is 10.9. The second-order valence-electron chi connectivity index (χ2n) is 15.7. The third-order valence-electron chi connectivity index (χ3n) is 13.1. The number of Topliss-reactive ketones (excluding diaryl/α,β-unsaturated/α-hetero) is 1. The lowest BCUT2D eigenvalue weighted by atomic mass is 9.32. The van der Waals surface area contributed by atoms with Crippen molar-refractivity contribution in [3.63, 3.8) is 0 Å². The van der Waals surface area contributed by atoms with Gasteiger partial charge in [-0.25, -0.2) is 0 Å². The van der Waals surface area contributed by atoms with Crippen LogP contribution >= 0.6 is 0 Å². The maximum Gasteiger partial charge on any atom is 0.167 e. The maximum absolute atomic E-state index is 13.0. The highest BCUT2D eigenvalue weighted by atomic mass is 16.3. The molecule has 0 aromatic heterocycles. The van der Waals surface area contributed by atoms with Gasteiger partial charge in [0, 0.05) is 5.41 Å². The molecular weight excluding hydrogens is 392 g/mol. The zero-order chi connectivity index (χ0) is 23.5. The minimum Gasteiger partial charge on any atom is -0.385 e. The van der Waals surface area contributed by atoms with Crippen LogP contribution in [-0.4, -0.2) is 17.0 Å². The molecule has 0 aromatic rings. The topological polar surface area (TPSA) is 37.3 Å². The predicted molar refractivity (Wildman–Crippen MR) is 131 cm³/mol. The Balaban J connectivity index is 1.53. The molecule has 1 N–H and O–H groups in total. The van der Waals surface area contributed by atoms with Gasteiger partial charge in [-0.1, -0.05) is 55.4 Å². The highest BCUT2D eigenvalue weighted by Crippen LogP contribution is 2.76. The molecular formula is C30H50O2. The van der Waals surface area contributed by atoms with Crippen molar-refractivity contribution in [3.8, 4) is 0 Å². The second-order valence-corrected chi connectivity index (χ2v) is 15.7. The zero-order valence-corrected chi connectivity index (χ0v) is 22.3. The third kappa shape index (κ3) is 2.83. The molecule has 0 bridgehead atoms. The normalized spacial score (nSPS) is 56.4. The largest absolute Gasteiger partial charge is 0.385 e. The van der Waals surface area contributed by atoms with Gasteiger partial charge in [0.2, 0.25) is 0 Å². The Hall–Kier alpha value is -0.370. The molecule has 0 heterocycles. The van der Waals surface area contributed by atoms with Crippen molar-refractivity contribution in [2.75, 3.05) is 0 Å². The lowest BCUT2D eigenvalue weighted by molar-refractivity contribution is -0.238. The molecule has 0 aromatic carbocycles. The third-order valence-corrected chi connectivity index (χ3v) is 13.1. The molecule has 5 saturated carbocycles. The van der Waals surface area contributed by atoms with Crippen LogP contribution in [0.1, 0.15) is 120 Å². The molecule has 0 saturated heterocycles. The number of carbonyl (C=O) groups is 1. The van der Waals surface area contributed by atoms with Gasteiger partial charge in [-0.2, -0.15) is 0 Å². The number of aliphatic hydroxyl groups is 1. The van der Waals surface area contributed by atoms with Crippen LogP contribution in [0, 0.1) is 56.2 Å². The monoisotopic (exact) mass is 442 g/mol. The predicted octanol–water partition coefficient (Wildman–Crippen LogP) is 7.43. The Morgan fingerprint density at radius 2 is 1.16 bits per heavy atom. The van der Waals surface area contributed by atoms with Gasteiger partial charge in [-0.05, 0) is 115 Å². The average Bonchev–Trinajstić information content (AvgIpc) is 2.67. The molecule has 5 fully saturated rings. The molecule has 5 aliphatic carbocycles. The first kappa shape index (κ1) is 23.4. The van der Waals surface area contributed by atoms with Gasteiger partial charge in [-0.3, -0.25) is 4.79 Å². The van der Waals surface area contributed by atoms with E-state index < -0.39 is 11.5 Å². The summed E-state index contributed by atoms with van der Waals surface area (Å²) in [5.74, 6) is 2.78. The SMILES string of the molecule is CC1(C)CC[C@@]2(C)CC[C@@H]3[C@@]4(C)CC[C@@H]5C(C)(C)C(=O)[C@@H](O)C[C@@]5(C)[C@@H]4CC[C@]3(C)[C@H]2C1. The van der Waals surface area contributed by atoms with Gasteiger partial charge in [0.1, 0.15) is 6.10 Å². The number of hydrogen-bond acceptors (Lipinski definition) is 2. The van der Waals surface area contributed by atoms with E-state index in [9.17, 15) is 9.90 Å². The van der Waals surface area contributed by atoms with Crippen LogP contribution in [-0.2, 0) is 4.79 Å². The lowest BCUT2D eigenvalue weighted by Gasteiger charge is -2.72. The summed E-state index contributed by atoms with van der Waals surface area (Å²) in [7, 11) is 0. The molecule has 32 heavy (non-hydrogen) atoms. The van der Waals surface area contributed by atoms with Crippen LogP contribution in [0.5, 0.6) is 0 Å². The van der Waals surface area contributed by atoms with Crippen LogP contribution < -0.4 is 0 Å². The van der Waals surface area contributed by atoms with Crippen LogP contribution in [0.2, 0.25) is 0 Å². The number of fused-ring (bicyclic) bond motifs is 7. The van der Waals surface area contributed by atoms with Crippen molar-refractivity contribution in [2.45, 2.75) is 126 Å². The van der Waals surface area contributed by atoms with Crippen molar-refractivity contribution in [3.05, 3.63) is 0 Å². The quantitative estimate of drug-likeness (QED) is 0.423. The summed E-state index contributed by atoms with van der Waals surface area (Å²) in [4.78, 5) is 13.0. The molecule has 0 aliphatic heterocycles. The van der Waals surface area contributed by atoms with E-state index in [0.29, 0.717) is 39.9 Å². The molecule has 182 valence electrons. The van der Waals surface area contributed by atoms with Crippen molar-refractivity contribution in [2.24, 2.45) is 56.2 Å². The first-order valence-electron chi connectivity index (χ1n) is 13.8. The van der Waals surface area contributed by atoms with Gasteiger partial charge in [0.25, 0.3) is 0 Å². The van der Waals surface area contributed by atoms with E-state index in [0.717, 1.165) is 18.3 Å². The first-order chi connectivity index (χ1) is 14.6. The van der Waals surface area contributed by atoms with Gasteiger partial charge in [0.05, 0.1) is 0 Å². The number of rotatable bonds is 0. The second kappa shape index (κ2) is 6.64. The van der Waals surface area contributed by atoms with Crippen LogP contribution in [0.3, 0.4) is 0 Å². The smallest absolute Gasteiger partial charge is 0.167 e. The van der Waals surface area contributed by atoms with E-state index in [2.05, 4.69) is 55.4 Å². The molecule has 0 spiro atoms. The molecule has 5 rings (SSSR count). The highest BCUT2D eigenvalue weighted by Gasteiger charge is 2.69. The van der Waals surface area contributed by atoms with E-state index in [1.165, 1.54) is 51.4 Å². The van der Waals surface area contributed by atoms with Crippen LogP contribution in [0.4, 0.5) is 0 Å². The molecule has 2 nitrogen and oxygen atoms in total. The van der Waals surface area contributed by atoms with Crippen LogP contribution in [0.15, 0.2) is 0 Å². The molecule has 9 atom stereocenters. The standard InChI is InChI=1S/C30H50O2/c1-25(2)15-16-27(5)12-9-21-28(6)13-10-20-26(3,4)24(32)19(31)17-30(20,8)22(28)11-14-29(21,7)23(27)18-25/h19-23,31H,9-18H2,1-8H3/t19-,20+,21+,22+,23-,27+,28+,29-,30+/m0/s1. The number of hydrogen-bond donors (Lipinski definition) is 1. The minimum atomic E-state index is -0.768. The number of carbonyl (C=O) groups excluding carboxylic acids is 1. The summed E-state index contributed by atoms with van der Waals surface area (Å²) in [5.41, 5.74) is 1.48. The number of ketones is 1. The fraction of sp³-hybridized carbons (Fsp3) is 0.967. The van der Waals surface area contributed by atoms with Crippen molar-refractivity contribution in [1.29, 1.82) is 0 Å². The Morgan fingerprint density at radius 3 is 1.81 bits per heavy atom. The summed E-state index contributed by atoms with van der Waals surface area (Å²) < 4.78 is 0. The fourth-order valence-electron chi connectivity index (χ4n) is 11.6. The maximum atomic E-state index is 13.0. The first-order valence-corrected chi connectivity index (χ1v) is 13.8. The molecule has 0 radical (unpaired) electrons. The fourth-order valence-corrected chi connectivity index (χ4v) is 11.6. The van der Waals surface area contributed by atoms with Gasteiger partial charge in [-0.15, -0.1) is 0 Å². The molecule has 2 heteroatoms. The average molecular weight is 443 g/mol. The van der Waals surface area contributed by atoms with Gasteiger partial charge >= 0.3 is 0 Å². The van der Waals surface area contributed by atoms with E-state index in [1.54, 1.807) is 0 Å². The van der Waals surface area contributed by atoms with E-state index in [-0.39, 0.29) is 11.2 Å². The van der Waals surface area contributed by atoms with Crippen molar-refractivity contribution < 1.29 is 9.90 Å². The lowest BCUT2D eigenvalue weighted by Crippen LogP contribution is -2.67. The molecule has 5 aliphatic rings. The number of aliphatic hydroxyl groups excluding tert-OH is 1. The zero-order valence-electron chi connectivity index (χ0n) is 22.3. The molecule has 0 unspecified atom stereocenters. The van der Waals surface area contributed by atoms with Crippen LogP contribution in [0.25, 0.3) is 0 Å². The van der Waals surface area contributed by atoms with Crippen molar-refractivity contribution >= 4 is 5.78 Å².